The molecule has 0 atom stereocenters. The van der Waals surface area contributed by atoms with Crippen LogP contribution in [0.1, 0.15) is 29.8 Å². The predicted molar refractivity (Wildman–Crippen MR) is 64.9 cm³/mol. The van der Waals surface area contributed by atoms with E-state index in [1.54, 1.807) is 19.2 Å². The standard InChI is InChI=1S/C13H18O4/c1-9(2)17-8-11-10(7-14)12(15-3)5-6-13(11)16-4/h5-7,9H,8H2,1-4H3. The molecule has 4 nitrogen and oxygen atoms in total. The minimum absolute atomic E-state index is 0.0883. The Balaban J connectivity index is 3.15. The molecular weight excluding hydrogens is 220 g/mol. The van der Waals surface area contributed by atoms with Crippen LogP contribution in [0.15, 0.2) is 12.1 Å². The molecule has 1 aromatic rings. The number of carbonyl (C=O) groups is 1. The van der Waals surface area contributed by atoms with Gasteiger partial charge in [0, 0.05) is 5.56 Å². The van der Waals surface area contributed by atoms with E-state index in [2.05, 4.69) is 0 Å². The third-order valence-electron chi connectivity index (χ3n) is 2.39. The normalized spacial score (nSPS) is 10.4. The molecule has 0 saturated heterocycles. The van der Waals surface area contributed by atoms with Crippen LogP contribution in [0.2, 0.25) is 0 Å². The number of hydrogen-bond acceptors (Lipinski definition) is 4. The van der Waals surface area contributed by atoms with Crippen LogP contribution in [0.25, 0.3) is 0 Å². The second-order valence-corrected chi connectivity index (χ2v) is 3.84. The van der Waals surface area contributed by atoms with E-state index in [0.29, 0.717) is 23.7 Å². The second-order valence-electron chi connectivity index (χ2n) is 3.84. The smallest absolute Gasteiger partial charge is 0.154 e. The fourth-order valence-electron chi connectivity index (χ4n) is 1.52. The maximum absolute atomic E-state index is 11.1. The quantitative estimate of drug-likeness (QED) is 0.714. The van der Waals surface area contributed by atoms with Gasteiger partial charge in [0.25, 0.3) is 0 Å². The van der Waals surface area contributed by atoms with Crippen molar-refractivity contribution < 1.29 is 19.0 Å². The summed E-state index contributed by atoms with van der Waals surface area (Å²) in [5.74, 6) is 1.16. The van der Waals surface area contributed by atoms with Crippen molar-refractivity contribution in [1.82, 2.24) is 0 Å². The first-order valence-corrected chi connectivity index (χ1v) is 5.44. The first kappa shape index (κ1) is 13.5. The largest absolute Gasteiger partial charge is 0.496 e. The molecule has 0 bridgehead atoms. The lowest BCUT2D eigenvalue weighted by Gasteiger charge is -2.15. The van der Waals surface area contributed by atoms with Crippen LogP contribution < -0.4 is 9.47 Å². The third kappa shape index (κ3) is 3.20. The molecule has 0 aliphatic carbocycles. The molecule has 0 fully saturated rings. The van der Waals surface area contributed by atoms with Crippen molar-refractivity contribution in [3.63, 3.8) is 0 Å². The van der Waals surface area contributed by atoms with Crippen molar-refractivity contribution >= 4 is 6.29 Å². The van der Waals surface area contributed by atoms with Gasteiger partial charge in [-0.15, -0.1) is 0 Å². The Labute approximate surface area is 101 Å². The molecule has 0 aliphatic heterocycles. The number of rotatable bonds is 6. The van der Waals surface area contributed by atoms with E-state index in [1.165, 1.54) is 7.11 Å². The van der Waals surface area contributed by atoms with E-state index in [0.717, 1.165) is 11.8 Å². The average Bonchev–Trinajstić information content (AvgIpc) is 2.34. The third-order valence-corrected chi connectivity index (χ3v) is 2.39. The zero-order valence-electron chi connectivity index (χ0n) is 10.6. The highest BCUT2D eigenvalue weighted by Gasteiger charge is 2.14. The fraction of sp³-hybridized carbons (Fsp3) is 0.462. The number of carbonyl (C=O) groups excluding carboxylic acids is 1. The van der Waals surface area contributed by atoms with Crippen LogP contribution in [0.3, 0.4) is 0 Å². The van der Waals surface area contributed by atoms with Gasteiger partial charge in [0.05, 0.1) is 32.5 Å². The highest BCUT2D eigenvalue weighted by molar-refractivity contribution is 5.83. The number of aldehydes is 1. The number of methoxy groups -OCH3 is 2. The van der Waals surface area contributed by atoms with E-state index in [9.17, 15) is 4.79 Å². The first-order valence-electron chi connectivity index (χ1n) is 5.44. The molecule has 0 N–H and O–H groups in total. The van der Waals surface area contributed by atoms with Gasteiger partial charge in [-0.1, -0.05) is 0 Å². The zero-order chi connectivity index (χ0) is 12.8. The summed E-state index contributed by atoms with van der Waals surface area (Å²) in [5, 5.41) is 0. The van der Waals surface area contributed by atoms with Gasteiger partial charge in [-0.3, -0.25) is 4.79 Å². The molecule has 0 unspecified atom stereocenters. The highest BCUT2D eigenvalue weighted by Crippen LogP contribution is 2.30. The Morgan fingerprint density at radius 1 is 1.18 bits per heavy atom. The van der Waals surface area contributed by atoms with Crippen molar-refractivity contribution in [3.05, 3.63) is 23.3 Å². The predicted octanol–water partition coefficient (Wildman–Crippen LogP) is 2.44. The van der Waals surface area contributed by atoms with E-state index < -0.39 is 0 Å². The molecule has 4 heteroatoms. The van der Waals surface area contributed by atoms with Crippen molar-refractivity contribution in [2.45, 2.75) is 26.6 Å². The lowest BCUT2D eigenvalue weighted by Crippen LogP contribution is -2.07. The molecule has 0 amide bonds. The van der Waals surface area contributed by atoms with Crippen molar-refractivity contribution in [2.24, 2.45) is 0 Å². The second kappa shape index (κ2) is 6.25. The van der Waals surface area contributed by atoms with Crippen LogP contribution >= 0.6 is 0 Å². The van der Waals surface area contributed by atoms with Gasteiger partial charge in [-0.25, -0.2) is 0 Å². The minimum Gasteiger partial charge on any atom is -0.496 e. The van der Waals surface area contributed by atoms with Crippen LogP contribution in [-0.2, 0) is 11.3 Å². The lowest BCUT2D eigenvalue weighted by atomic mass is 10.1. The van der Waals surface area contributed by atoms with Gasteiger partial charge in [0.15, 0.2) is 6.29 Å². The lowest BCUT2D eigenvalue weighted by molar-refractivity contribution is 0.0636. The molecule has 0 heterocycles. The van der Waals surface area contributed by atoms with Gasteiger partial charge in [0.2, 0.25) is 0 Å². The van der Waals surface area contributed by atoms with Gasteiger partial charge in [-0.2, -0.15) is 0 Å². The van der Waals surface area contributed by atoms with Crippen molar-refractivity contribution in [1.29, 1.82) is 0 Å². The van der Waals surface area contributed by atoms with E-state index >= 15 is 0 Å². The summed E-state index contributed by atoms with van der Waals surface area (Å²) in [7, 11) is 3.09. The van der Waals surface area contributed by atoms with Crippen molar-refractivity contribution in [3.8, 4) is 11.5 Å². The Bertz CT molecular complexity index is 385. The van der Waals surface area contributed by atoms with Crippen molar-refractivity contribution in [2.75, 3.05) is 14.2 Å². The Hall–Kier alpha value is -1.55. The van der Waals surface area contributed by atoms with Crippen LogP contribution in [0.4, 0.5) is 0 Å². The van der Waals surface area contributed by atoms with Crippen LogP contribution in [0, 0.1) is 0 Å². The molecule has 1 rings (SSSR count). The summed E-state index contributed by atoms with van der Waals surface area (Å²) in [6.45, 7) is 4.20. The summed E-state index contributed by atoms with van der Waals surface area (Å²) in [5.41, 5.74) is 1.20. The summed E-state index contributed by atoms with van der Waals surface area (Å²) < 4.78 is 15.9. The van der Waals surface area contributed by atoms with E-state index in [-0.39, 0.29) is 6.10 Å². The maximum Gasteiger partial charge on any atom is 0.154 e. The summed E-state index contributed by atoms with van der Waals surface area (Å²) in [4.78, 5) is 11.1. The molecule has 0 saturated carbocycles. The topological polar surface area (TPSA) is 44.8 Å². The molecule has 94 valence electrons. The summed E-state index contributed by atoms with van der Waals surface area (Å²) in [6.07, 6.45) is 0.853. The van der Waals surface area contributed by atoms with Gasteiger partial charge in [0.1, 0.15) is 11.5 Å². The summed E-state index contributed by atoms with van der Waals surface area (Å²) >= 11 is 0. The Kier molecular flexibility index (Phi) is 4.97. The molecule has 0 spiro atoms. The molecular formula is C13H18O4. The van der Waals surface area contributed by atoms with E-state index in [1.807, 2.05) is 13.8 Å². The molecule has 17 heavy (non-hydrogen) atoms. The molecule has 0 radical (unpaired) electrons. The zero-order valence-corrected chi connectivity index (χ0v) is 10.6. The van der Waals surface area contributed by atoms with Gasteiger partial charge in [-0.05, 0) is 26.0 Å². The number of hydrogen-bond donors (Lipinski definition) is 0. The van der Waals surface area contributed by atoms with Crippen LogP contribution in [0.5, 0.6) is 11.5 Å². The number of ether oxygens (including phenoxy) is 3. The molecule has 1 aromatic carbocycles. The Morgan fingerprint density at radius 2 is 1.76 bits per heavy atom. The van der Waals surface area contributed by atoms with Gasteiger partial charge >= 0.3 is 0 Å². The fourth-order valence-corrected chi connectivity index (χ4v) is 1.52. The number of benzene rings is 1. The Morgan fingerprint density at radius 3 is 2.24 bits per heavy atom. The monoisotopic (exact) mass is 238 g/mol. The molecule has 0 aromatic heterocycles. The minimum atomic E-state index is 0.0883. The molecule has 0 aliphatic rings. The average molecular weight is 238 g/mol. The highest BCUT2D eigenvalue weighted by atomic mass is 16.5. The SMILES string of the molecule is COc1ccc(OC)c(COC(C)C)c1C=O. The first-order chi connectivity index (χ1) is 8.13. The van der Waals surface area contributed by atoms with E-state index in [4.69, 9.17) is 14.2 Å². The van der Waals surface area contributed by atoms with Crippen LogP contribution in [-0.4, -0.2) is 26.6 Å². The summed E-state index contributed by atoms with van der Waals surface area (Å²) in [6, 6.07) is 3.48. The van der Waals surface area contributed by atoms with Gasteiger partial charge < -0.3 is 14.2 Å². The maximum atomic E-state index is 11.1.